The molecule has 0 unspecified atom stereocenters. The van der Waals surface area contributed by atoms with Crippen LogP contribution in [0.25, 0.3) is 5.57 Å². The molecule has 0 aromatic heterocycles. The number of hydrogen-bond donors (Lipinski definition) is 1. The van der Waals surface area contributed by atoms with Gasteiger partial charge in [-0.1, -0.05) is 50.3 Å². The van der Waals surface area contributed by atoms with Crippen molar-refractivity contribution in [2.75, 3.05) is 18.4 Å². The number of sulfonamides is 1. The van der Waals surface area contributed by atoms with Crippen molar-refractivity contribution in [2.45, 2.75) is 31.1 Å². The number of benzene rings is 2. The Bertz CT molecular complexity index is 1040. The first-order valence-corrected chi connectivity index (χ1v) is 11.0. The van der Waals surface area contributed by atoms with E-state index in [4.69, 9.17) is 0 Å². The SMILES string of the molecule is CC(C)[C@H]1C(=O)Nc2ccc(S(=O)(=O)N3CC=C(c4ccccc4)CC3)cc21. The van der Waals surface area contributed by atoms with Crippen molar-refractivity contribution in [1.82, 2.24) is 4.31 Å². The highest BCUT2D eigenvalue weighted by Crippen LogP contribution is 2.39. The number of anilines is 1. The first kappa shape index (κ1) is 18.9. The maximum absolute atomic E-state index is 13.2. The topological polar surface area (TPSA) is 66.5 Å². The first-order valence-electron chi connectivity index (χ1n) is 9.57. The highest BCUT2D eigenvalue weighted by atomic mass is 32.2. The fourth-order valence-electron chi connectivity index (χ4n) is 4.02. The van der Waals surface area contributed by atoms with E-state index in [1.54, 1.807) is 18.2 Å². The lowest BCUT2D eigenvalue weighted by Crippen LogP contribution is -2.34. The Labute approximate surface area is 166 Å². The molecule has 0 fully saturated rings. The minimum absolute atomic E-state index is 0.0621. The van der Waals surface area contributed by atoms with E-state index < -0.39 is 10.0 Å². The number of fused-ring (bicyclic) bond motifs is 1. The van der Waals surface area contributed by atoms with Crippen molar-refractivity contribution in [2.24, 2.45) is 5.92 Å². The van der Waals surface area contributed by atoms with Gasteiger partial charge < -0.3 is 5.32 Å². The fraction of sp³-hybridized carbons (Fsp3) is 0.318. The van der Waals surface area contributed by atoms with Crippen molar-refractivity contribution in [3.05, 3.63) is 65.7 Å². The van der Waals surface area contributed by atoms with Crippen LogP contribution in [0, 0.1) is 5.92 Å². The van der Waals surface area contributed by atoms with Crippen LogP contribution in [0.4, 0.5) is 5.69 Å². The molecule has 6 heteroatoms. The molecule has 2 aliphatic rings. The summed E-state index contributed by atoms with van der Waals surface area (Å²) in [6.45, 7) is 4.75. The van der Waals surface area contributed by atoms with Crippen molar-refractivity contribution in [3.8, 4) is 0 Å². The quantitative estimate of drug-likeness (QED) is 0.853. The maximum atomic E-state index is 13.2. The van der Waals surface area contributed by atoms with E-state index in [2.05, 4.69) is 5.32 Å². The Morgan fingerprint density at radius 2 is 1.86 bits per heavy atom. The Morgan fingerprint density at radius 1 is 1.11 bits per heavy atom. The first-order chi connectivity index (χ1) is 13.4. The lowest BCUT2D eigenvalue weighted by molar-refractivity contribution is -0.117. The van der Waals surface area contributed by atoms with Crippen LogP contribution in [-0.4, -0.2) is 31.7 Å². The molecule has 2 heterocycles. The summed E-state index contributed by atoms with van der Waals surface area (Å²) in [6, 6.07) is 15.0. The zero-order valence-electron chi connectivity index (χ0n) is 16.1. The minimum Gasteiger partial charge on any atom is -0.325 e. The lowest BCUT2D eigenvalue weighted by Gasteiger charge is -2.26. The zero-order valence-corrected chi connectivity index (χ0v) is 16.9. The van der Waals surface area contributed by atoms with Crippen LogP contribution in [0.1, 0.15) is 37.3 Å². The van der Waals surface area contributed by atoms with Crippen LogP contribution >= 0.6 is 0 Å². The molecule has 2 aromatic rings. The molecule has 0 aliphatic carbocycles. The van der Waals surface area contributed by atoms with Gasteiger partial charge in [-0.3, -0.25) is 4.79 Å². The third kappa shape index (κ3) is 3.27. The summed E-state index contributed by atoms with van der Waals surface area (Å²) in [7, 11) is -3.61. The van der Waals surface area contributed by atoms with Crippen LogP contribution in [0.3, 0.4) is 0 Å². The van der Waals surface area contributed by atoms with Crippen LogP contribution in [-0.2, 0) is 14.8 Å². The number of carbonyl (C=O) groups is 1. The number of amides is 1. The second kappa shape index (κ2) is 7.18. The Balaban J connectivity index is 1.60. The summed E-state index contributed by atoms with van der Waals surface area (Å²) in [5.74, 6) is -0.269. The maximum Gasteiger partial charge on any atom is 0.243 e. The van der Waals surface area contributed by atoms with Gasteiger partial charge in [0.25, 0.3) is 0 Å². The number of carbonyl (C=O) groups excluding carboxylic acids is 1. The molecule has 0 saturated carbocycles. The predicted molar refractivity (Wildman–Crippen MR) is 110 cm³/mol. The van der Waals surface area contributed by atoms with E-state index in [1.807, 2.05) is 50.3 Å². The molecule has 2 aromatic carbocycles. The molecule has 4 rings (SSSR count). The van der Waals surface area contributed by atoms with Crippen LogP contribution in [0.2, 0.25) is 0 Å². The Morgan fingerprint density at radius 3 is 2.50 bits per heavy atom. The van der Waals surface area contributed by atoms with Gasteiger partial charge in [0.2, 0.25) is 15.9 Å². The summed E-state index contributed by atoms with van der Waals surface area (Å²) in [4.78, 5) is 12.5. The number of rotatable bonds is 4. The molecule has 0 radical (unpaired) electrons. The molecular formula is C22H24N2O3S. The van der Waals surface area contributed by atoms with Gasteiger partial charge >= 0.3 is 0 Å². The van der Waals surface area contributed by atoms with Crippen molar-refractivity contribution in [3.63, 3.8) is 0 Å². The third-order valence-corrected chi connectivity index (χ3v) is 7.38. The largest absolute Gasteiger partial charge is 0.325 e. The summed E-state index contributed by atoms with van der Waals surface area (Å²) in [5.41, 5.74) is 3.81. The number of nitrogens with one attached hydrogen (secondary N) is 1. The van der Waals surface area contributed by atoms with E-state index in [1.165, 1.54) is 9.88 Å². The van der Waals surface area contributed by atoms with Crippen molar-refractivity contribution >= 4 is 27.2 Å². The minimum atomic E-state index is -3.61. The normalized spacial score (nSPS) is 20.0. The van der Waals surface area contributed by atoms with Gasteiger partial charge in [-0.2, -0.15) is 4.31 Å². The summed E-state index contributed by atoms with van der Waals surface area (Å²) < 4.78 is 27.9. The third-order valence-electron chi connectivity index (χ3n) is 5.52. The Kier molecular flexibility index (Phi) is 4.85. The lowest BCUT2D eigenvalue weighted by atomic mass is 9.90. The second-order valence-electron chi connectivity index (χ2n) is 7.67. The smallest absolute Gasteiger partial charge is 0.243 e. The average molecular weight is 397 g/mol. The standard InChI is InChI=1S/C22H24N2O3S/c1-15(2)21-19-14-18(8-9-20(19)23-22(21)25)28(26,27)24-12-10-17(11-13-24)16-6-4-3-5-7-16/h3-10,14-15,21H,11-13H2,1-2H3,(H,23,25)/t21-/m1/s1. The fourth-order valence-corrected chi connectivity index (χ4v) is 5.43. The van der Waals surface area contributed by atoms with Gasteiger partial charge in [-0.05, 0) is 47.2 Å². The van der Waals surface area contributed by atoms with Gasteiger partial charge in [0.1, 0.15) is 0 Å². The molecule has 28 heavy (non-hydrogen) atoms. The monoisotopic (exact) mass is 396 g/mol. The van der Waals surface area contributed by atoms with Crippen LogP contribution < -0.4 is 5.32 Å². The zero-order chi connectivity index (χ0) is 19.9. The summed E-state index contributed by atoms with van der Waals surface area (Å²) in [5, 5.41) is 2.85. The van der Waals surface area contributed by atoms with E-state index in [0.717, 1.165) is 11.1 Å². The number of hydrogen-bond acceptors (Lipinski definition) is 3. The van der Waals surface area contributed by atoms with E-state index in [9.17, 15) is 13.2 Å². The van der Waals surface area contributed by atoms with Gasteiger partial charge in [0.15, 0.2) is 0 Å². The molecule has 1 N–H and O–H groups in total. The van der Waals surface area contributed by atoms with Crippen molar-refractivity contribution in [1.29, 1.82) is 0 Å². The van der Waals surface area contributed by atoms with Crippen LogP contribution in [0.5, 0.6) is 0 Å². The summed E-state index contributed by atoms with van der Waals surface area (Å²) >= 11 is 0. The Hall–Kier alpha value is -2.44. The molecular weight excluding hydrogens is 372 g/mol. The van der Waals surface area contributed by atoms with Gasteiger partial charge in [-0.15, -0.1) is 0 Å². The molecule has 0 spiro atoms. The highest BCUT2D eigenvalue weighted by Gasteiger charge is 2.35. The molecule has 146 valence electrons. The molecule has 2 aliphatic heterocycles. The van der Waals surface area contributed by atoms with Gasteiger partial charge in [-0.25, -0.2) is 8.42 Å². The van der Waals surface area contributed by atoms with E-state index in [0.29, 0.717) is 25.2 Å². The molecule has 1 atom stereocenters. The van der Waals surface area contributed by atoms with Crippen LogP contribution in [0.15, 0.2) is 59.5 Å². The van der Waals surface area contributed by atoms with Gasteiger partial charge in [0.05, 0.1) is 10.8 Å². The predicted octanol–water partition coefficient (Wildman–Crippen LogP) is 3.86. The summed E-state index contributed by atoms with van der Waals surface area (Å²) in [6.07, 6.45) is 2.68. The average Bonchev–Trinajstić information content (AvgIpc) is 3.04. The molecule has 0 saturated heterocycles. The highest BCUT2D eigenvalue weighted by molar-refractivity contribution is 7.89. The van der Waals surface area contributed by atoms with E-state index in [-0.39, 0.29) is 22.6 Å². The second-order valence-corrected chi connectivity index (χ2v) is 9.61. The van der Waals surface area contributed by atoms with E-state index >= 15 is 0 Å². The molecule has 1 amide bonds. The van der Waals surface area contributed by atoms with Crippen molar-refractivity contribution < 1.29 is 13.2 Å². The van der Waals surface area contributed by atoms with Gasteiger partial charge in [0, 0.05) is 18.8 Å². The molecule has 5 nitrogen and oxygen atoms in total. The molecule has 0 bridgehead atoms. The number of nitrogens with zero attached hydrogens (tertiary/aromatic N) is 1.